The molecule has 0 heterocycles. The van der Waals surface area contributed by atoms with Crippen molar-refractivity contribution in [3.05, 3.63) is 93.4 Å². The first-order chi connectivity index (χ1) is 14.9. The van der Waals surface area contributed by atoms with E-state index in [9.17, 15) is 9.59 Å². The van der Waals surface area contributed by atoms with Gasteiger partial charge in [-0.1, -0.05) is 48.0 Å². The van der Waals surface area contributed by atoms with Crippen LogP contribution in [0.25, 0.3) is 0 Å². The Bertz CT molecular complexity index is 1050. The zero-order valence-corrected chi connectivity index (χ0v) is 19.1. The predicted octanol–water partition coefficient (Wildman–Crippen LogP) is 5.87. The maximum Gasteiger partial charge on any atom is 0.352 e. The van der Waals surface area contributed by atoms with E-state index in [-0.39, 0.29) is 12.4 Å². The minimum absolute atomic E-state index is 0.230. The lowest BCUT2D eigenvalue weighted by Crippen LogP contribution is -2.28. The van der Waals surface area contributed by atoms with Gasteiger partial charge in [0, 0.05) is 11.4 Å². The maximum absolute atomic E-state index is 12.4. The SMILES string of the molecule is CC(Oc1ccc(Cl)cc1Br)C(=O)Oc1cccc(C(=O)OCCc2ccccc2)c1. The quantitative estimate of drug-likeness (QED) is 0.284. The van der Waals surface area contributed by atoms with Crippen molar-refractivity contribution in [1.29, 1.82) is 0 Å². The highest BCUT2D eigenvalue weighted by Crippen LogP contribution is 2.29. The first kappa shape index (κ1) is 22.8. The van der Waals surface area contributed by atoms with Gasteiger partial charge < -0.3 is 14.2 Å². The van der Waals surface area contributed by atoms with Crippen LogP contribution in [-0.4, -0.2) is 24.6 Å². The predicted molar refractivity (Wildman–Crippen MR) is 122 cm³/mol. The van der Waals surface area contributed by atoms with E-state index in [4.69, 9.17) is 25.8 Å². The van der Waals surface area contributed by atoms with E-state index in [0.29, 0.717) is 27.2 Å². The molecule has 3 aromatic carbocycles. The molecule has 0 fully saturated rings. The van der Waals surface area contributed by atoms with E-state index in [1.807, 2.05) is 30.3 Å². The highest BCUT2D eigenvalue weighted by molar-refractivity contribution is 9.10. The molecule has 160 valence electrons. The molecule has 0 bridgehead atoms. The lowest BCUT2D eigenvalue weighted by Gasteiger charge is -2.15. The number of hydrogen-bond acceptors (Lipinski definition) is 5. The van der Waals surface area contributed by atoms with E-state index in [1.165, 1.54) is 6.07 Å². The van der Waals surface area contributed by atoms with Crippen molar-refractivity contribution < 1.29 is 23.8 Å². The van der Waals surface area contributed by atoms with Gasteiger partial charge in [-0.2, -0.15) is 0 Å². The van der Waals surface area contributed by atoms with Crippen LogP contribution in [-0.2, 0) is 16.0 Å². The van der Waals surface area contributed by atoms with Gasteiger partial charge in [-0.3, -0.25) is 0 Å². The molecule has 0 aliphatic carbocycles. The lowest BCUT2D eigenvalue weighted by molar-refractivity contribution is -0.141. The molecule has 0 spiro atoms. The van der Waals surface area contributed by atoms with Crippen LogP contribution in [0.2, 0.25) is 5.02 Å². The zero-order chi connectivity index (χ0) is 22.2. The number of hydrogen-bond donors (Lipinski definition) is 0. The van der Waals surface area contributed by atoms with Crippen molar-refractivity contribution >= 4 is 39.5 Å². The molecular formula is C24H20BrClO5. The number of ether oxygens (including phenoxy) is 3. The van der Waals surface area contributed by atoms with E-state index in [1.54, 1.807) is 43.3 Å². The second-order valence-corrected chi connectivity index (χ2v) is 7.95. The van der Waals surface area contributed by atoms with Gasteiger partial charge in [-0.15, -0.1) is 0 Å². The largest absolute Gasteiger partial charge is 0.478 e. The Morgan fingerprint density at radius 1 is 1.00 bits per heavy atom. The number of carbonyl (C=O) groups is 2. The maximum atomic E-state index is 12.4. The standard InChI is InChI=1S/C24H20BrClO5/c1-16(30-22-11-10-19(26)15-21(22)25)23(27)31-20-9-5-8-18(14-20)24(28)29-13-12-17-6-3-2-4-7-17/h2-11,14-16H,12-13H2,1H3. The van der Waals surface area contributed by atoms with Gasteiger partial charge in [0.1, 0.15) is 11.5 Å². The summed E-state index contributed by atoms with van der Waals surface area (Å²) in [7, 11) is 0. The molecule has 0 amide bonds. The van der Waals surface area contributed by atoms with Crippen molar-refractivity contribution in [2.45, 2.75) is 19.4 Å². The summed E-state index contributed by atoms with van der Waals surface area (Å²) in [6.45, 7) is 1.83. The van der Waals surface area contributed by atoms with E-state index < -0.39 is 18.0 Å². The molecule has 7 heteroatoms. The molecule has 31 heavy (non-hydrogen) atoms. The average Bonchev–Trinajstić information content (AvgIpc) is 2.76. The molecule has 0 saturated heterocycles. The number of benzene rings is 3. The van der Waals surface area contributed by atoms with Crippen molar-refractivity contribution in [3.8, 4) is 11.5 Å². The van der Waals surface area contributed by atoms with E-state index in [0.717, 1.165) is 5.56 Å². The monoisotopic (exact) mass is 502 g/mol. The molecule has 0 radical (unpaired) electrons. The highest BCUT2D eigenvalue weighted by atomic mass is 79.9. The van der Waals surface area contributed by atoms with Crippen LogP contribution in [0.15, 0.2) is 77.3 Å². The van der Waals surface area contributed by atoms with Gasteiger partial charge in [0.05, 0.1) is 16.6 Å². The van der Waals surface area contributed by atoms with Crippen molar-refractivity contribution in [1.82, 2.24) is 0 Å². The smallest absolute Gasteiger partial charge is 0.352 e. The second-order valence-electron chi connectivity index (χ2n) is 6.66. The van der Waals surface area contributed by atoms with Gasteiger partial charge in [0.25, 0.3) is 0 Å². The molecule has 3 aromatic rings. The number of carbonyl (C=O) groups excluding carboxylic acids is 2. The van der Waals surface area contributed by atoms with Crippen LogP contribution >= 0.6 is 27.5 Å². The molecule has 0 N–H and O–H groups in total. The molecular weight excluding hydrogens is 484 g/mol. The minimum atomic E-state index is -0.876. The summed E-state index contributed by atoms with van der Waals surface area (Å²) < 4.78 is 16.9. The molecule has 0 aromatic heterocycles. The van der Waals surface area contributed by atoms with E-state index in [2.05, 4.69) is 15.9 Å². The van der Waals surface area contributed by atoms with Crippen molar-refractivity contribution in [2.75, 3.05) is 6.61 Å². The summed E-state index contributed by atoms with van der Waals surface area (Å²) in [4.78, 5) is 24.7. The number of halogens is 2. The molecule has 1 unspecified atom stereocenters. The molecule has 5 nitrogen and oxygen atoms in total. The third-order valence-corrected chi connectivity index (χ3v) is 5.14. The molecule has 1 atom stereocenters. The summed E-state index contributed by atoms with van der Waals surface area (Å²) >= 11 is 9.25. The van der Waals surface area contributed by atoms with Crippen LogP contribution < -0.4 is 9.47 Å². The normalized spacial score (nSPS) is 11.5. The van der Waals surface area contributed by atoms with Gasteiger partial charge in [-0.05, 0) is 64.8 Å². The lowest BCUT2D eigenvalue weighted by atomic mass is 10.2. The molecule has 0 aliphatic heterocycles. The Labute approximate surface area is 194 Å². The minimum Gasteiger partial charge on any atom is -0.478 e. The van der Waals surface area contributed by atoms with Crippen LogP contribution in [0.1, 0.15) is 22.8 Å². The third-order valence-electron chi connectivity index (χ3n) is 4.28. The number of rotatable bonds is 8. The van der Waals surface area contributed by atoms with Crippen LogP contribution in [0.4, 0.5) is 0 Å². The topological polar surface area (TPSA) is 61.8 Å². The summed E-state index contributed by atoms with van der Waals surface area (Å²) in [5, 5.41) is 0.543. The van der Waals surface area contributed by atoms with Gasteiger partial charge in [-0.25, -0.2) is 9.59 Å². The first-order valence-electron chi connectivity index (χ1n) is 9.57. The Balaban J connectivity index is 1.55. The fraction of sp³-hybridized carbons (Fsp3) is 0.167. The van der Waals surface area contributed by atoms with Crippen molar-refractivity contribution in [3.63, 3.8) is 0 Å². The zero-order valence-electron chi connectivity index (χ0n) is 16.7. The van der Waals surface area contributed by atoms with Crippen LogP contribution in [0.3, 0.4) is 0 Å². The fourth-order valence-corrected chi connectivity index (χ4v) is 3.46. The van der Waals surface area contributed by atoms with Crippen LogP contribution in [0.5, 0.6) is 11.5 Å². The first-order valence-corrected chi connectivity index (χ1v) is 10.7. The highest BCUT2D eigenvalue weighted by Gasteiger charge is 2.19. The van der Waals surface area contributed by atoms with E-state index >= 15 is 0 Å². The van der Waals surface area contributed by atoms with Crippen molar-refractivity contribution in [2.24, 2.45) is 0 Å². The summed E-state index contributed by atoms with van der Waals surface area (Å²) in [5.41, 5.74) is 1.38. The Morgan fingerprint density at radius 3 is 2.52 bits per heavy atom. The molecule has 0 aliphatic rings. The second kappa shape index (κ2) is 11.0. The molecule has 0 saturated carbocycles. The third kappa shape index (κ3) is 6.84. The molecule has 3 rings (SSSR count). The Hall–Kier alpha value is -2.83. The summed E-state index contributed by atoms with van der Waals surface area (Å²) in [6.07, 6.45) is -0.255. The number of esters is 2. The fourth-order valence-electron chi connectivity index (χ4n) is 2.68. The van der Waals surface area contributed by atoms with Gasteiger partial charge >= 0.3 is 11.9 Å². The summed E-state index contributed by atoms with van der Waals surface area (Å²) in [5.74, 6) is -0.391. The average molecular weight is 504 g/mol. The Kier molecular flexibility index (Phi) is 8.09. The van der Waals surface area contributed by atoms with Crippen LogP contribution in [0, 0.1) is 0 Å². The summed E-state index contributed by atoms with van der Waals surface area (Å²) in [6, 6.07) is 21.0. The van der Waals surface area contributed by atoms with Gasteiger partial charge in [0.15, 0.2) is 6.10 Å². The Morgan fingerprint density at radius 2 is 1.77 bits per heavy atom. The van der Waals surface area contributed by atoms with Gasteiger partial charge in [0.2, 0.25) is 0 Å².